The fourth-order valence-electron chi connectivity index (χ4n) is 3.97. The number of rotatable bonds is 8. The summed E-state index contributed by atoms with van der Waals surface area (Å²) in [7, 11) is 1.79. The molecule has 0 aromatic heterocycles. The molecule has 166 valence electrons. The van der Waals surface area contributed by atoms with Crippen LogP contribution >= 0.6 is 0 Å². The molecule has 1 aromatic carbocycles. The molecule has 7 nitrogen and oxygen atoms in total. The van der Waals surface area contributed by atoms with Crippen LogP contribution in [0.25, 0.3) is 0 Å². The van der Waals surface area contributed by atoms with Crippen LogP contribution in [0.1, 0.15) is 44.6 Å². The number of likely N-dealkylation sites (tertiary alicyclic amines) is 1. The first kappa shape index (κ1) is 22.6. The molecule has 3 rings (SSSR count). The lowest BCUT2D eigenvalue weighted by molar-refractivity contribution is -0.124. The molecule has 1 amide bonds. The van der Waals surface area contributed by atoms with Gasteiger partial charge in [0.25, 0.3) is 5.91 Å². The number of carbonyl (C=O) groups is 1. The van der Waals surface area contributed by atoms with Crippen LogP contribution in [0.2, 0.25) is 0 Å². The molecule has 0 bridgehead atoms. The lowest BCUT2D eigenvalue weighted by Crippen LogP contribution is -2.39. The van der Waals surface area contributed by atoms with Crippen molar-refractivity contribution in [1.29, 1.82) is 0 Å². The minimum atomic E-state index is -0.317. The monoisotopic (exact) mass is 415 g/mol. The van der Waals surface area contributed by atoms with Crippen LogP contribution in [-0.2, 0) is 16.1 Å². The number of nitrogens with one attached hydrogen (secondary N) is 3. The highest BCUT2D eigenvalue weighted by Gasteiger charge is 2.23. The van der Waals surface area contributed by atoms with Crippen molar-refractivity contribution in [2.75, 3.05) is 45.2 Å². The molecule has 3 N–H and O–H groups in total. The molecule has 2 aliphatic heterocycles. The Morgan fingerprint density at radius 3 is 2.80 bits per heavy atom. The molecule has 2 saturated heterocycles. The van der Waals surface area contributed by atoms with Crippen LogP contribution in [0.4, 0.5) is 5.69 Å². The first-order chi connectivity index (χ1) is 14.6. The van der Waals surface area contributed by atoms with Gasteiger partial charge in [-0.15, -0.1) is 0 Å². The number of anilines is 1. The Labute approximate surface area is 180 Å². The van der Waals surface area contributed by atoms with Crippen LogP contribution in [0, 0.1) is 5.92 Å². The van der Waals surface area contributed by atoms with Crippen LogP contribution in [0.3, 0.4) is 0 Å². The Hall–Kier alpha value is -2.12. The van der Waals surface area contributed by atoms with Gasteiger partial charge in [0.05, 0.1) is 0 Å². The van der Waals surface area contributed by atoms with E-state index in [1.807, 2.05) is 24.3 Å². The fraction of sp³-hybridized carbons (Fsp3) is 0.652. The van der Waals surface area contributed by atoms with E-state index in [0.29, 0.717) is 13.2 Å². The van der Waals surface area contributed by atoms with E-state index in [4.69, 9.17) is 4.74 Å². The molecular weight excluding hydrogens is 378 g/mol. The molecule has 0 radical (unpaired) electrons. The van der Waals surface area contributed by atoms with Gasteiger partial charge in [0.2, 0.25) is 0 Å². The average Bonchev–Trinajstić information content (AvgIpc) is 3.30. The average molecular weight is 416 g/mol. The molecule has 1 atom stereocenters. The highest BCUT2D eigenvalue weighted by Crippen LogP contribution is 2.17. The minimum Gasteiger partial charge on any atom is -0.368 e. The van der Waals surface area contributed by atoms with Gasteiger partial charge < -0.3 is 25.6 Å². The number of carbonyl (C=O) groups excluding carboxylic acids is 1. The SMILES string of the molecule is CN=C(NCCCN1CCC(C)CC1)NCc1cccc(NC(=O)C2CCCO2)c1. The summed E-state index contributed by atoms with van der Waals surface area (Å²) in [6.45, 7) is 8.18. The fourth-order valence-corrected chi connectivity index (χ4v) is 3.97. The van der Waals surface area contributed by atoms with Crippen LogP contribution in [-0.4, -0.2) is 62.7 Å². The Balaban J connectivity index is 1.36. The van der Waals surface area contributed by atoms with Gasteiger partial charge in [-0.2, -0.15) is 0 Å². The maximum atomic E-state index is 12.2. The maximum Gasteiger partial charge on any atom is 0.253 e. The van der Waals surface area contributed by atoms with E-state index in [9.17, 15) is 4.79 Å². The third kappa shape index (κ3) is 7.29. The van der Waals surface area contributed by atoms with E-state index >= 15 is 0 Å². The third-order valence-electron chi connectivity index (χ3n) is 5.92. The van der Waals surface area contributed by atoms with Gasteiger partial charge in [-0.25, -0.2) is 0 Å². The molecular formula is C23H37N5O2. The predicted molar refractivity (Wildman–Crippen MR) is 122 cm³/mol. The van der Waals surface area contributed by atoms with E-state index in [1.165, 1.54) is 25.9 Å². The van der Waals surface area contributed by atoms with Gasteiger partial charge in [-0.1, -0.05) is 19.1 Å². The molecule has 7 heteroatoms. The number of amides is 1. The third-order valence-corrected chi connectivity index (χ3v) is 5.92. The number of guanidine groups is 1. The molecule has 0 aliphatic carbocycles. The van der Waals surface area contributed by atoms with Crippen molar-refractivity contribution in [3.8, 4) is 0 Å². The van der Waals surface area contributed by atoms with Gasteiger partial charge in [0.15, 0.2) is 5.96 Å². The molecule has 0 saturated carbocycles. The molecule has 0 spiro atoms. The Morgan fingerprint density at radius 1 is 1.23 bits per heavy atom. The summed E-state index contributed by atoms with van der Waals surface area (Å²) in [5.41, 5.74) is 1.89. The van der Waals surface area contributed by atoms with Gasteiger partial charge in [-0.05, 0) is 75.4 Å². The van der Waals surface area contributed by atoms with Crippen LogP contribution in [0.5, 0.6) is 0 Å². The predicted octanol–water partition coefficient (Wildman–Crippen LogP) is 2.59. The van der Waals surface area contributed by atoms with E-state index in [-0.39, 0.29) is 12.0 Å². The summed E-state index contributed by atoms with van der Waals surface area (Å²) in [6, 6.07) is 7.90. The van der Waals surface area contributed by atoms with Crippen molar-refractivity contribution in [2.45, 2.75) is 51.7 Å². The largest absolute Gasteiger partial charge is 0.368 e. The van der Waals surface area contributed by atoms with Gasteiger partial charge >= 0.3 is 0 Å². The standard InChI is InChI=1S/C23H37N5O2/c1-18-9-13-28(14-10-18)12-5-11-25-23(24-2)26-17-19-6-3-7-20(16-19)27-22(29)21-8-4-15-30-21/h3,6-7,16,18,21H,4-5,8-15,17H2,1-2H3,(H,27,29)(H2,24,25,26). The molecule has 2 heterocycles. The molecule has 2 fully saturated rings. The number of aliphatic imine (C=N–C) groups is 1. The smallest absolute Gasteiger partial charge is 0.253 e. The number of hydrogen-bond acceptors (Lipinski definition) is 4. The molecule has 30 heavy (non-hydrogen) atoms. The topological polar surface area (TPSA) is 78.0 Å². The van der Waals surface area contributed by atoms with Crippen molar-refractivity contribution >= 4 is 17.6 Å². The van der Waals surface area contributed by atoms with E-state index in [0.717, 1.165) is 55.5 Å². The second kappa shape index (κ2) is 11.9. The summed E-state index contributed by atoms with van der Waals surface area (Å²) in [6.07, 6.45) is 5.19. The second-order valence-electron chi connectivity index (χ2n) is 8.42. The zero-order valence-corrected chi connectivity index (χ0v) is 18.5. The second-order valence-corrected chi connectivity index (χ2v) is 8.42. The summed E-state index contributed by atoms with van der Waals surface area (Å²) in [4.78, 5) is 19.1. The van der Waals surface area contributed by atoms with E-state index < -0.39 is 0 Å². The molecule has 2 aliphatic rings. The summed E-state index contributed by atoms with van der Waals surface area (Å²) in [5, 5.41) is 9.71. The zero-order valence-electron chi connectivity index (χ0n) is 18.5. The number of piperidine rings is 1. The maximum absolute atomic E-state index is 12.2. The number of benzene rings is 1. The van der Waals surface area contributed by atoms with Crippen LogP contribution in [0.15, 0.2) is 29.3 Å². The highest BCUT2D eigenvalue weighted by atomic mass is 16.5. The molecule has 1 aromatic rings. The number of nitrogens with zero attached hydrogens (tertiary/aromatic N) is 2. The Morgan fingerprint density at radius 2 is 2.07 bits per heavy atom. The number of ether oxygens (including phenoxy) is 1. The lowest BCUT2D eigenvalue weighted by Gasteiger charge is -2.30. The Kier molecular flexibility index (Phi) is 8.96. The van der Waals surface area contributed by atoms with Crippen molar-refractivity contribution in [1.82, 2.24) is 15.5 Å². The normalized spacial score (nSPS) is 20.9. The quantitative estimate of drug-likeness (QED) is 0.346. The van der Waals surface area contributed by atoms with Crippen molar-refractivity contribution in [3.63, 3.8) is 0 Å². The van der Waals surface area contributed by atoms with Gasteiger partial charge in [0.1, 0.15) is 6.10 Å². The van der Waals surface area contributed by atoms with Crippen molar-refractivity contribution in [2.24, 2.45) is 10.9 Å². The first-order valence-electron chi connectivity index (χ1n) is 11.3. The van der Waals surface area contributed by atoms with E-state index in [2.05, 4.69) is 32.8 Å². The highest BCUT2D eigenvalue weighted by molar-refractivity contribution is 5.94. The lowest BCUT2D eigenvalue weighted by atomic mass is 9.99. The van der Waals surface area contributed by atoms with Crippen molar-refractivity contribution in [3.05, 3.63) is 29.8 Å². The molecule has 1 unspecified atom stereocenters. The van der Waals surface area contributed by atoms with Gasteiger partial charge in [0, 0.05) is 32.4 Å². The van der Waals surface area contributed by atoms with Crippen LogP contribution < -0.4 is 16.0 Å². The van der Waals surface area contributed by atoms with Crippen molar-refractivity contribution < 1.29 is 9.53 Å². The first-order valence-corrected chi connectivity index (χ1v) is 11.3. The van der Waals surface area contributed by atoms with E-state index in [1.54, 1.807) is 7.05 Å². The minimum absolute atomic E-state index is 0.0572. The summed E-state index contributed by atoms with van der Waals surface area (Å²) in [5.74, 6) is 1.62. The van der Waals surface area contributed by atoms with Gasteiger partial charge in [-0.3, -0.25) is 9.79 Å². The Bertz CT molecular complexity index is 695. The summed E-state index contributed by atoms with van der Waals surface area (Å²) < 4.78 is 5.45. The zero-order chi connectivity index (χ0) is 21.2. The summed E-state index contributed by atoms with van der Waals surface area (Å²) >= 11 is 0. The number of hydrogen-bond donors (Lipinski definition) is 3.